The third kappa shape index (κ3) is 2.77. The van der Waals surface area contributed by atoms with Crippen LogP contribution in [0.4, 0.5) is 0 Å². The van der Waals surface area contributed by atoms with Gasteiger partial charge in [0.05, 0.1) is 0 Å². The Kier molecular flexibility index (Phi) is 4.70. The third-order valence-electron chi connectivity index (χ3n) is 3.01. The summed E-state index contributed by atoms with van der Waals surface area (Å²) in [6.45, 7) is 0. The maximum atomic E-state index is 11.7. The molecule has 1 aromatic rings. The van der Waals surface area contributed by atoms with Crippen LogP contribution in [0.2, 0.25) is 0 Å². The summed E-state index contributed by atoms with van der Waals surface area (Å²) in [6.07, 6.45) is 6.06. The number of halogens is 1. The van der Waals surface area contributed by atoms with Gasteiger partial charge in [-0.25, -0.2) is 4.57 Å². The van der Waals surface area contributed by atoms with E-state index in [1.165, 1.54) is 6.42 Å². The smallest absolute Gasteiger partial charge is 0.191 e. The third-order valence-corrected chi connectivity index (χ3v) is 3.01. The van der Waals surface area contributed by atoms with Crippen LogP contribution in [0.1, 0.15) is 37.3 Å². The highest BCUT2D eigenvalue weighted by atomic mass is 127. The maximum Gasteiger partial charge on any atom is 0.191 e. The molecule has 2 nitrogen and oxygen atoms in total. The van der Waals surface area contributed by atoms with Gasteiger partial charge in [0.1, 0.15) is 18.7 Å². The Morgan fingerprint density at radius 3 is 2.80 bits per heavy atom. The van der Waals surface area contributed by atoms with E-state index >= 15 is 0 Å². The number of pyridine rings is 1. The first-order chi connectivity index (χ1) is 6.79. The summed E-state index contributed by atoms with van der Waals surface area (Å²) in [5.74, 6) is 0.563. The van der Waals surface area contributed by atoms with Crippen LogP contribution in [0.3, 0.4) is 0 Å². The van der Waals surface area contributed by atoms with E-state index in [2.05, 4.69) is 10.6 Å². The Labute approximate surface area is 108 Å². The Hall–Kier alpha value is -0.450. The molecule has 2 rings (SSSR count). The van der Waals surface area contributed by atoms with Crippen LogP contribution in [0.25, 0.3) is 0 Å². The topological polar surface area (TPSA) is 20.9 Å². The van der Waals surface area contributed by atoms with Crippen molar-refractivity contribution < 1.29 is 33.3 Å². The lowest BCUT2D eigenvalue weighted by Gasteiger charge is -2.17. The molecule has 0 N–H and O–H groups in total. The largest absolute Gasteiger partial charge is 1.00 e. The molecule has 15 heavy (non-hydrogen) atoms. The molecule has 0 radical (unpaired) electrons. The van der Waals surface area contributed by atoms with Gasteiger partial charge >= 0.3 is 0 Å². The van der Waals surface area contributed by atoms with Crippen molar-refractivity contribution in [1.29, 1.82) is 0 Å². The van der Waals surface area contributed by atoms with Crippen molar-refractivity contribution in [3.05, 3.63) is 30.1 Å². The molecule has 0 spiro atoms. The van der Waals surface area contributed by atoms with Crippen molar-refractivity contribution in [1.82, 2.24) is 0 Å². The molecule has 1 fully saturated rings. The first-order valence-electron chi connectivity index (χ1n) is 5.26. The number of hydrogen-bond acceptors (Lipinski definition) is 1. The fourth-order valence-electron chi connectivity index (χ4n) is 2.19. The van der Waals surface area contributed by atoms with Crippen molar-refractivity contribution >= 4 is 5.78 Å². The minimum atomic E-state index is 0. The zero-order valence-corrected chi connectivity index (χ0v) is 11.1. The van der Waals surface area contributed by atoms with E-state index in [9.17, 15) is 4.79 Å². The summed E-state index contributed by atoms with van der Waals surface area (Å²) in [5.41, 5.74) is 1.16. The number of carbonyl (C=O) groups excluding carboxylic acids is 1. The number of aromatic nitrogens is 1. The summed E-state index contributed by atoms with van der Waals surface area (Å²) >= 11 is 0. The van der Waals surface area contributed by atoms with Gasteiger partial charge in [-0.15, -0.1) is 0 Å². The first kappa shape index (κ1) is 12.6. The van der Waals surface area contributed by atoms with Gasteiger partial charge in [0, 0.05) is 18.6 Å². The lowest BCUT2D eigenvalue weighted by Crippen LogP contribution is -3.00. The number of aryl methyl sites for hydroxylation is 1. The minimum absolute atomic E-state index is 0. The van der Waals surface area contributed by atoms with E-state index in [1.807, 2.05) is 25.4 Å². The average molecular weight is 317 g/mol. The van der Waals surface area contributed by atoms with Crippen molar-refractivity contribution in [3.63, 3.8) is 0 Å². The number of carbonyl (C=O) groups is 1. The Bertz CT molecular complexity index is 351. The lowest BCUT2D eigenvalue weighted by atomic mass is 9.85. The van der Waals surface area contributed by atoms with E-state index in [1.54, 1.807) is 0 Å². The second-order valence-electron chi connectivity index (χ2n) is 4.00. The zero-order chi connectivity index (χ0) is 9.97. The van der Waals surface area contributed by atoms with Crippen molar-refractivity contribution in [2.24, 2.45) is 7.05 Å². The van der Waals surface area contributed by atoms with Crippen molar-refractivity contribution in [2.75, 3.05) is 0 Å². The summed E-state index contributed by atoms with van der Waals surface area (Å²) in [6, 6.07) is 6.07. The quantitative estimate of drug-likeness (QED) is 0.468. The molecule has 0 saturated heterocycles. The number of nitrogens with zero attached hydrogens (tertiary/aromatic N) is 1. The van der Waals surface area contributed by atoms with E-state index in [0.717, 1.165) is 25.0 Å². The molecule has 0 aromatic carbocycles. The van der Waals surface area contributed by atoms with E-state index in [4.69, 9.17) is 0 Å². The van der Waals surface area contributed by atoms with Crippen LogP contribution in [-0.4, -0.2) is 5.78 Å². The second kappa shape index (κ2) is 5.58. The normalized spacial score (nSPS) is 20.9. The van der Waals surface area contributed by atoms with Crippen LogP contribution in [0.15, 0.2) is 24.4 Å². The number of rotatable bonds is 1. The molecule has 0 bridgehead atoms. The molecule has 0 amide bonds. The Morgan fingerprint density at radius 2 is 2.13 bits per heavy atom. The van der Waals surface area contributed by atoms with Gasteiger partial charge in [-0.05, 0) is 12.8 Å². The zero-order valence-electron chi connectivity index (χ0n) is 8.95. The van der Waals surface area contributed by atoms with E-state index < -0.39 is 0 Å². The molecule has 1 aliphatic carbocycles. The molecule has 1 unspecified atom stereocenters. The van der Waals surface area contributed by atoms with Crippen LogP contribution < -0.4 is 28.5 Å². The Morgan fingerprint density at radius 1 is 1.33 bits per heavy atom. The van der Waals surface area contributed by atoms with Gasteiger partial charge in [-0.2, -0.15) is 0 Å². The average Bonchev–Trinajstić information content (AvgIpc) is 2.20. The number of hydrogen-bond donors (Lipinski definition) is 0. The first-order valence-corrected chi connectivity index (χ1v) is 5.26. The molecular weight excluding hydrogens is 301 g/mol. The molecule has 1 heterocycles. The monoisotopic (exact) mass is 317 g/mol. The summed E-state index contributed by atoms with van der Waals surface area (Å²) in [4.78, 5) is 11.7. The maximum absolute atomic E-state index is 11.7. The van der Waals surface area contributed by atoms with E-state index in [0.29, 0.717) is 5.78 Å². The van der Waals surface area contributed by atoms with Gasteiger partial charge in [0.15, 0.2) is 11.9 Å². The molecule has 1 aliphatic rings. The highest BCUT2D eigenvalue weighted by Gasteiger charge is 2.29. The van der Waals surface area contributed by atoms with Gasteiger partial charge in [0.25, 0.3) is 0 Å². The van der Waals surface area contributed by atoms with Crippen LogP contribution in [0, 0.1) is 0 Å². The standard InChI is InChI=1S/C12H16NO.HI/c1-13-9-5-4-7-11(13)10-6-2-3-8-12(10)14;/h4-5,7,9-10H,2-3,6,8H2,1H3;1H/q+1;/p-1. The molecule has 1 saturated carbocycles. The molecule has 3 heteroatoms. The fraction of sp³-hybridized carbons (Fsp3) is 0.500. The highest BCUT2D eigenvalue weighted by Crippen LogP contribution is 2.27. The van der Waals surface area contributed by atoms with Gasteiger partial charge < -0.3 is 24.0 Å². The predicted octanol–water partition coefficient (Wildman–Crippen LogP) is -1.26. The Balaban J connectivity index is 0.00000112. The van der Waals surface area contributed by atoms with Crippen LogP contribution in [0.5, 0.6) is 0 Å². The van der Waals surface area contributed by atoms with Crippen molar-refractivity contribution in [2.45, 2.75) is 31.6 Å². The van der Waals surface area contributed by atoms with Crippen LogP contribution in [-0.2, 0) is 11.8 Å². The highest BCUT2D eigenvalue weighted by molar-refractivity contribution is 5.85. The van der Waals surface area contributed by atoms with Gasteiger partial charge in [0.2, 0.25) is 0 Å². The molecule has 82 valence electrons. The van der Waals surface area contributed by atoms with Gasteiger partial charge in [-0.1, -0.05) is 12.5 Å². The second-order valence-corrected chi connectivity index (χ2v) is 4.00. The number of ketones is 1. The molecule has 1 atom stereocenters. The van der Waals surface area contributed by atoms with E-state index in [-0.39, 0.29) is 29.9 Å². The summed E-state index contributed by atoms with van der Waals surface area (Å²) in [7, 11) is 2.01. The summed E-state index contributed by atoms with van der Waals surface area (Å²) < 4.78 is 2.06. The fourth-order valence-corrected chi connectivity index (χ4v) is 2.19. The van der Waals surface area contributed by atoms with Gasteiger partial charge in [-0.3, -0.25) is 4.79 Å². The minimum Gasteiger partial charge on any atom is -1.00 e. The predicted molar refractivity (Wildman–Crippen MR) is 53.8 cm³/mol. The molecular formula is C12H16INO. The van der Waals surface area contributed by atoms with Crippen LogP contribution >= 0.6 is 0 Å². The van der Waals surface area contributed by atoms with Crippen molar-refractivity contribution in [3.8, 4) is 0 Å². The SMILES string of the molecule is C[n+]1ccccc1C1CCCCC1=O.[I-]. The number of Topliss-reactive ketones (excluding diaryl/α,β-unsaturated/α-hetero) is 1. The lowest BCUT2D eigenvalue weighted by molar-refractivity contribution is -0.679. The molecule has 0 aliphatic heterocycles. The molecule has 1 aromatic heterocycles. The summed E-state index contributed by atoms with van der Waals surface area (Å²) in [5, 5.41) is 0.